The van der Waals surface area contributed by atoms with Crippen molar-refractivity contribution < 1.29 is 14.6 Å². The van der Waals surface area contributed by atoms with Gasteiger partial charge in [-0.3, -0.25) is 0 Å². The molecule has 1 rings (SSSR count). The molecule has 0 unspecified atom stereocenters. The number of halogens is 3. The predicted octanol–water partition coefficient (Wildman–Crippen LogP) is 4.52. The molecule has 0 atom stereocenters. The van der Waals surface area contributed by atoms with Gasteiger partial charge in [-0.25, -0.2) is 4.79 Å². The van der Waals surface area contributed by atoms with Crippen LogP contribution in [0.15, 0.2) is 37.4 Å². The molecule has 1 N–H and O–H groups in total. The van der Waals surface area contributed by atoms with Crippen molar-refractivity contribution in [1.29, 1.82) is 0 Å². The average molecular weight is 443 g/mol. The van der Waals surface area contributed by atoms with Crippen molar-refractivity contribution in [3.05, 3.63) is 42.9 Å². The van der Waals surface area contributed by atoms with Crippen molar-refractivity contribution in [2.24, 2.45) is 0 Å². The highest BCUT2D eigenvalue weighted by Gasteiger charge is 2.13. The van der Waals surface area contributed by atoms with Gasteiger partial charge < -0.3 is 9.84 Å². The molecule has 0 aliphatic heterocycles. The van der Waals surface area contributed by atoms with Gasteiger partial charge in [-0.1, -0.05) is 6.07 Å². The first kappa shape index (κ1) is 15.7. The lowest BCUT2D eigenvalue weighted by Gasteiger charge is -2.08. The number of benzene rings is 1. The third-order valence-electron chi connectivity index (χ3n) is 2.16. The molecule has 0 aliphatic rings. The summed E-state index contributed by atoms with van der Waals surface area (Å²) >= 11 is 10.2. The molecule has 3 nitrogen and oxygen atoms in total. The van der Waals surface area contributed by atoms with Crippen molar-refractivity contribution in [2.75, 3.05) is 6.61 Å². The van der Waals surface area contributed by atoms with Gasteiger partial charge in [-0.2, -0.15) is 0 Å². The Morgan fingerprint density at radius 3 is 2.56 bits per heavy atom. The molecule has 6 heteroatoms. The smallest absolute Gasteiger partial charge is 0.335 e. The third kappa shape index (κ3) is 4.10. The Labute approximate surface area is 131 Å². The SMILES string of the molecule is CCO/C=C(/Cc1ccc(Br)c(Br)c1Br)C(=O)O. The molecule has 0 aromatic heterocycles. The summed E-state index contributed by atoms with van der Waals surface area (Å²) in [6.07, 6.45) is 1.59. The third-order valence-corrected chi connectivity index (χ3v) is 5.62. The Morgan fingerprint density at radius 2 is 2.00 bits per heavy atom. The van der Waals surface area contributed by atoms with Crippen LogP contribution in [0.25, 0.3) is 0 Å². The summed E-state index contributed by atoms with van der Waals surface area (Å²) in [7, 11) is 0. The number of carboxylic acids is 1. The first-order chi connectivity index (χ1) is 8.47. The summed E-state index contributed by atoms with van der Waals surface area (Å²) in [6, 6.07) is 3.73. The fourth-order valence-electron chi connectivity index (χ4n) is 1.26. The Hall–Kier alpha value is -0.330. The number of ether oxygens (including phenoxy) is 1. The van der Waals surface area contributed by atoms with Gasteiger partial charge in [-0.15, -0.1) is 0 Å². The Kier molecular flexibility index (Phi) is 6.38. The molecule has 98 valence electrons. The van der Waals surface area contributed by atoms with E-state index < -0.39 is 5.97 Å². The van der Waals surface area contributed by atoms with E-state index in [0.717, 1.165) is 19.0 Å². The minimum atomic E-state index is -0.977. The maximum atomic E-state index is 11.1. The summed E-state index contributed by atoms with van der Waals surface area (Å²) in [4.78, 5) is 11.1. The number of carboxylic acid groups (broad SMARTS) is 1. The minimum Gasteiger partial charge on any atom is -0.501 e. The van der Waals surface area contributed by atoms with Crippen LogP contribution in [0.2, 0.25) is 0 Å². The summed E-state index contributed by atoms with van der Waals surface area (Å²) in [6.45, 7) is 2.25. The fourth-order valence-corrected chi connectivity index (χ4v) is 2.73. The van der Waals surface area contributed by atoms with E-state index in [1.54, 1.807) is 0 Å². The number of hydrogen-bond donors (Lipinski definition) is 1. The molecular formula is C12H11Br3O3. The van der Waals surface area contributed by atoms with Crippen LogP contribution in [-0.4, -0.2) is 17.7 Å². The van der Waals surface area contributed by atoms with Gasteiger partial charge in [0.05, 0.1) is 18.4 Å². The highest BCUT2D eigenvalue weighted by atomic mass is 79.9. The van der Waals surface area contributed by atoms with E-state index in [0.29, 0.717) is 13.0 Å². The monoisotopic (exact) mass is 440 g/mol. The van der Waals surface area contributed by atoms with Crippen LogP contribution in [0.5, 0.6) is 0 Å². The molecule has 0 radical (unpaired) electrons. The van der Waals surface area contributed by atoms with Crippen molar-refractivity contribution in [3.63, 3.8) is 0 Å². The van der Waals surface area contributed by atoms with Crippen LogP contribution in [-0.2, 0) is 16.0 Å². The molecule has 0 bridgehead atoms. The molecule has 18 heavy (non-hydrogen) atoms. The molecule has 0 spiro atoms. The van der Waals surface area contributed by atoms with Crippen LogP contribution >= 0.6 is 47.8 Å². The lowest BCUT2D eigenvalue weighted by molar-refractivity contribution is -0.132. The van der Waals surface area contributed by atoms with Gasteiger partial charge in [0.1, 0.15) is 0 Å². The van der Waals surface area contributed by atoms with Gasteiger partial charge >= 0.3 is 5.97 Å². The fraction of sp³-hybridized carbons (Fsp3) is 0.250. The van der Waals surface area contributed by atoms with Crippen molar-refractivity contribution >= 4 is 53.8 Å². The number of hydrogen-bond acceptors (Lipinski definition) is 2. The maximum absolute atomic E-state index is 11.1. The first-order valence-corrected chi connectivity index (χ1v) is 7.51. The van der Waals surface area contributed by atoms with E-state index in [9.17, 15) is 4.79 Å². The zero-order chi connectivity index (χ0) is 13.7. The molecule has 0 fully saturated rings. The highest BCUT2D eigenvalue weighted by molar-refractivity contribution is 9.14. The van der Waals surface area contributed by atoms with E-state index >= 15 is 0 Å². The quantitative estimate of drug-likeness (QED) is 0.414. The highest BCUT2D eigenvalue weighted by Crippen LogP contribution is 2.34. The zero-order valence-corrected chi connectivity index (χ0v) is 14.3. The maximum Gasteiger partial charge on any atom is 0.335 e. The van der Waals surface area contributed by atoms with Crippen molar-refractivity contribution in [1.82, 2.24) is 0 Å². The second kappa shape index (κ2) is 7.31. The van der Waals surface area contributed by atoms with Gasteiger partial charge in [0, 0.05) is 19.8 Å². The van der Waals surface area contributed by atoms with Crippen LogP contribution in [0.3, 0.4) is 0 Å². The zero-order valence-electron chi connectivity index (χ0n) is 9.54. The van der Waals surface area contributed by atoms with Gasteiger partial charge in [0.15, 0.2) is 0 Å². The predicted molar refractivity (Wildman–Crippen MR) is 80.6 cm³/mol. The Morgan fingerprint density at radius 1 is 1.33 bits per heavy atom. The summed E-state index contributed by atoms with van der Waals surface area (Å²) in [5.74, 6) is -0.977. The van der Waals surface area contributed by atoms with E-state index in [2.05, 4.69) is 47.8 Å². The lowest BCUT2D eigenvalue weighted by atomic mass is 10.1. The molecular weight excluding hydrogens is 432 g/mol. The Bertz CT molecular complexity index is 484. The number of carbonyl (C=O) groups is 1. The molecule has 0 saturated carbocycles. The van der Waals surface area contributed by atoms with Crippen molar-refractivity contribution in [3.8, 4) is 0 Å². The molecule has 0 saturated heterocycles. The Balaban J connectivity index is 3.02. The first-order valence-electron chi connectivity index (χ1n) is 5.13. The van der Waals surface area contributed by atoms with E-state index in [1.807, 2.05) is 19.1 Å². The number of aliphatic carboxylic acids is 1. The lowest BCUT2D eigenvalue weighted by Crippen LogP contribution is -2.05. The van der Waals surface area contributed by atoms with Crippen LogP contribution in [0.1, 0.15) is 12.5 Å². The molecule has 0 amide bonds. The van der Waals surface area contributed by atoms with Gasteiger partial charge in [0.2, 0.25) is 0 Å². The van der Waals surface area contributed by atoms with Crippen molar-refractivity contribution in [2.45, 2.75) is 13.3 Å². The number of rotatable bonds is 5. The van der Waals surface area contributed by atoms with Crippen LogP contribution < -0.4 is 0 Å². The van der Waals surface area contributed by atoms with E-state index in [1.165, 1.54) is 6.26 Å². The second-order valence-electron chi connectivity index (χ2n) is 3.41. The summed E-state index contributed by atoms with van der Waals surface area (Å²) in [5.41, 5.74) is 1.09. The summed E-state index contributed by atoms with van der Waals surface area (Å²) < 4.78 is 7.65. The van der Waals surface area contributed by atoms with Crippen LogP contribution in [0.4, 0.5) is 0 Å². The molecule has 0 heterocycles. The van der Waals surface area contributed by atoms with Gasteiger partial charge in [-0.05, 0) is 66.3 Å². The largest absolute Gasteiger partial charge is 0.501 e. The normalized spacial score (nSPS) is 11.4. The standard InChI is InChI=1S/C12H11Br3O3/c1-2-18-6-8(12(16)17)5-7-3-4-9(13)11(15)10(7)14/h3-4,6H,2,5H2,1H3,(H,16,17)/b8-6-. The van der Waals surface area contributed by atoms with E-state index in [-0.39, 0.29) is 5.57 Å². The molecule has 1 aromatic rings. The molecule has 0 aliphatic carbocycles. The summed E-state index contributed by atoms with van der Waals surface area (Å²) in [5, 5.41) is 9.09. The van der Waals surface area contributed by atoms with Gasteiger partial charge in [0.25, 0.3) is 0 Å². The van der Waals surface area contributed by atoms with E-state index in [4.69, 9.17) is 9.84 Å². The van der Waals surface area contributed by atoms with Crippen LogP contribution in [0, 0.1) is 0 Å². The average Bonchev–Trinajstić information content (AvgIpc) is 2.33. The molecule has 1 aromatic carbocycles. The topological polar surface area (TPSA) is 46.5 Å². The second-order valence-corrected chi connectivity index (χ2v) is 5.86. The minimum absolute atomic E-state index is 0.215.